The molecule has 1 aromatic carbocycles. The molecule has 0 radical (unpaired) electrons. The first-order valence-corrected chi connectivity index (χ1v) is 10.2. The lowest BCUT2D eigenvalue weighted by molar-refractivity contribution is 0.484. The topological polar surface area (TPSA) is 80.3 Å². The van der Waals surface area contributed by atoms with E-state index in [9.17, 15) is 16.8 Å². The Morgan fingerprint density at radius 1 is 1.15 bits per heavy atom. The van der Waals surface area contributed by atoms with Crippen LogP contribution in [0.5, 0.6) is 0 Å². The largest absolute Gasteiger partial charge is 0.385 e. The lowest BCUT2D eigenvalue weighted by atomic mass is 10.0. The monoisotopic (exact) mass is 317 g/mol. The molecule has 112 valence electrons. The molecule has 5 nitrogen and oxygen atoms in total. The van der Waals surface area contributed by atoms with E-state index >= 15 is 0 Å². The van der Waals surface area contributed by atoms with Crippen LogP contribution >= 0.6 is 0 Å². The highest BCUT2D eigenvalue weighted by Gasteiger charge is 2.23. The number of benzene rings is 1. The minimum Gasteiger partial charge on any atom is -0.385 e. The summed E-state index contributed by atoms with van der Waals surface area (Å²) in [4.78, 5) is 0.298. The predicted octanol–water partition coefficient (Wildman–Crippen LogP) is 1.33. The molecule has 0 bridgehead atoms. The summed E-state index contributed by atoms with van der Waals surface area (Å²) in [5.74, 6) is 0.895. The molecule has 1 aromatic rings. The lowest BCUT2D eigenvalue weighted by Gasteiger charge is -2.22. The van der Waals surface area contributed by atoms with Crippen LogP contribution in [0.15, 0.2) is 29.2 Å². The maximum absolute atomic E-state index is 11.3. The molecular formula is C13H19NO4S2. The van der Waals surface area contributed by atoms with Gasteiger partial charge in [-0.05, 0) is 43.0 Å². The van der Waals surface area contributed by atoms with E-state index in [-0.39, 0.29) is 11.5 Å². The molecule has 0 amide bonds. The van der Waals surface area contributed by atoms with E-state index in [2.05, 4.69) is 5.32 Å². The number of nitrogens with one attached hydrogen (secondary N) is 1. The van der Waals surface area contributed by atoms with Crippen LogP contribution in [0.1, 0.15) is 12.8 Å². The van der Waals surface area contributed by atoms with E-state index in [1.165, 1.54) is 6.26 Å². The van der Waals surface area contributed by atoms with Gasteiger partial charge in [-0.1, -0.05) is 0 Å². The molecule has 0 atom stereocenters. The summed E-state index contributed by atoms with van der Waals surface area (Å²) in [6.07, 6.45) is 2.56. The van der Waals surface area contributed by atoms with Crippen molar-refractivity contribution in [2.24, 2.45) is 5.92 Å². The molecule has 0 aromatic heterocycles. The number of hydrogen-bond donors (Lipinski definition) is 1. The van der Waals surface area contributed by atoms with Crippen molar-refractivity contribution in [3.63, 3.8) is 0 Å². The van der Waals surface area contributed by atoms with E-state index in [0.717, 1.165) is 5.69 Å². The Labute approximate surface area is 120 Å². The maximum Gasteiger partial charge on any atom is 0.175 e. The summed E-state index contributed by atoms with van der Waals surface area (Å²) < 4.78 is 45.3. The van der Waals surface area contributed by atoms with Gasteiger partial charge in [0.2, 0.25) is 0 Å². The fourth-order valence-electron chi connectivity index (χ4n) is 2.23. The standard InChI is InChI=1S/C13H19NO4S2/c1-19(15,16)13-4-2-12(3-5-13)14-10-11-6-8-20(17,18)9-7-11/h2-5,11,14H,6-10H2,1H3. The second kappa shape index (κ2) is 5.73. The maximum atomic E-state index is 11.3. The van der Waals surface area contributed by atoms with Crippen LogP contribution in [-0.4, -0.2) is 41.1 Å². The molecule has 7 heteroatoms. The second-order valence-electron chi connectivity index (χ2n) is 5.27. The molecule has 1 aliphatic rings. The summed E-state index contributed by atoms with van der Waals surface area (Å²) in [7, 11) is -5.98. The Balaban J connectivity index is 1.89. The van der Waals surface area contributed by atoms with Gasteiger partial charge in [0, 0.05) is 18.5 Å². The zero-order valence-corrected chi connectivity index (χ0v) is 13.0. The van der Waals surface area contributed by atoms with Gasteiger partial charge in [0.25, 0.3) is 0 Å². The van der Waals surface area contributed by atoms with Crippen LogP contribution in [0.4, 0.5) is 5.69 Å². The van der Waals surface area contributed by atoms with Crippen LogP contribution in [0.2, 0.25) is 0 Å². The van der Waals surface area contributed by atoms with E-state index in [1.807, 2.05) is 0 Å². The van der Waals surface area contributed by atoms with Gasteiger partial charge in [0.05, 0.1) is 16.4 Å². The number of hydrogen-bond acceptors (Lipinski definition) is 5. The van der Waals surface area contributed by atoms with Gasteiger partial charge in [-0.2, -0.15) is 0 Å². The summed E-state index contributed by atoms with van der Waals surface area (Å²) in [5, 5.41) is 3.23. The Kier molecular flexibility index (Phi) is 4.39. The molecule has 1 saturated heterocycles. The first-order valence-electron chi connectivity index (χ1n) is 6.51. The summed E-state index contributed by atoms with van der Waals surface area (Å²) in [6.45, 7) is 0.716. The first-order chi connectivity index (χ1) is 9.26. The average Bonchev–Trinajstić information content (AvgIpc) is 2.37. The smallest absolute Gasteiger partial charge is 0.175 e. The van der Waals surface area contributed by atoms with Crippen molar-refractivity contribution in [1.82, 2.24) is 0 Å². The van der Waals surface area contributed by atoms with E-state index in [1.54, 1.807) is 24.3 Å². The van der Waals surface area contributed by atoms with Crippen LogP contribution in [0, 0.1) is 5.92 Å². The van der Waals surface area contributed by atoms with Crippen LogP contribution in [-0.2, 0) is 19.7 Å². The number of rotatable bonds is 4. The van der Waals surface area contributed by atoms with Gasteiger partial charge in [0.15, 0.2) is 9.84 Å². The van der Waals surface area contributed by atoms with Crippen molar-refractivity contribution in [1.29, 1.82) is 0 Å². The fourth-order valence-corrected chi connectivity index (χ4v) is 4.44. The highest BCUT2D eigenvalue weighted by molar-refractivity contribution is 7.91. The molecule has 1 fully saturated rings. The van der Waals surface area contributed by atoms with Gasteiger partial charge in [0.1, 0.15) is 9.84 Å². The molecule has 0 spiro atoms. The van der Waals surface area contributed by atoms with Gasteiger partial charge >= 0.3 is 0 Å². The van der Waals surface area contributed by atoms with Gasteiger partial charge in [-0.25, -0.2) is 16.8 Å². The Morgan fingerprint density at radius 3 is 2.20 bits per heavy atom. The lowest BCUT2D eigenvalue weighted by Crippen LogP contribution is -2.27. The Bertz CT molecular complexity index is 649. The number of anilines is 1. The van der Waals surface area contributed by atoms with E-state index in [4.69, 9.17) is 0 Å². The van der Waals surface area contributed by atoms with Crippen molar-refractivity contribution in [3.8, 4) is 0 Å². The van der Waals surface area contributed by atoms with Gasteiger partial charge in [-0.15, -0.1) is 0 Å². The highest BCUT2D eigenvalue weighted by Crippen LogP contribution is 2.20. The zero-order chi connectivity index (χ0) is 14.8. The third-order valence-electron chi connectivity index (χ3n) is 3.55. The molecule has 0 saturated carbocycles. The fraction of sp³-hybridized carbons (Fsp3) is 0.538. The Hall–Kier alpha value is -1.08. The van der Waals surface area contributed by atoms with Crippen LogP contribution in [0.3, 0.4) is 0 Å². The molecule has 20 heavy (non-hydrogen) atoms. The summed E-state index contributed by atoms with van der Waals surface area (Å²) in [6, 6.07) is 6.61. The van der Waals surface area contributed by atoms with Crippen LogP contribution < -0.4 is 5.32 Å². The van der Waals surface area contributed by atoms with E-state index < -0.39 is 19.7 Å². The van der Waals surface area contributed by atoms with Crippen molar-refractivity contribution in [2.45, 2.75) is 17.7 Å². The van der Waals surface area contributed by atoms with Crippen molar-refractivity contribution >= 4 is 25.4 Å². The molecule has 0 unspecified atom stereocenters. The predicted molar refractivity (Wildman–Crippen MR) is 79.4 cm³/mol. The normalized spacial score (nSPS) is 19.6. The summed E-state index contributed by atoms with van der Waals surface area (Å²) in [5.41, 5.74) is 0.853. The first kappa shape index (κ1) is 15.3. The SMILES string of the molecule is CS(=O)(=O)c1ccc(NCC2CCS(=O)(=O)CC2)cc1. The summed E-state index contributed by atoms with van der Waals surface area (Å²) >= 11 is 0. The van der Waals surface area contributed by atoms with Gasteiger partial charge in [-0.3, -0.25) is 0 Å². The van der Waals surface area contributed by atoms with Crippen molar-refractivity contribution in [3.05, 3.63) is 24.3 Å². The van der Waals surface area contributed by atoms with Gasteiger partial charge < -0.3 is 5.32 Å². The van der Waals surface area contributed by atoms with E-state index in [0.29, 0.717) is 30.2 Å². The highest BCUT2D eigenvalue weighted by atomic mass is 32.2. The third-order valence-corrected chi connectivity index (χ3v) is 6.40. The molecule has 1 N–H and O–H groups in total. The van der Waals surface area contributed by atoms with Crippen molar-refractivity contribution in [2.75, 3.05) is 29.6 Å². The molecular weight excluding hydrogens is 298 g/mol. The second-order valence-corrected chi connectivity index (χ2v) is 9.59. The molecule has 0 aliphatic carbocycles. The Morgan fingerprint density at radius 2 is 1.70 bits per heavy atom. The quantitative estimate of drug-likeness (QED) is 0.906. The zero-order valence-electron chi connectivity index (χ0n) is 11.4. The molecule has 1 heterocycles. The minimum absolute atomic E-state index is 0.270. The van der Waals surface area contributed by atoms with Crippen LogP contribution in [0.25, 0.3) is 0 Å². The molecule has 1 aliphatic heterocycles. The molecule has 2 rings (SSSR count). The number of sulfone groups is 2. The van der Waals surface area contributed by atoms with Crippen molar-refractivity contribution < 1.29 is 16.8 Å². The average molecular weight is 317 g/mol. The minimum atomic E-state index is -3.16. The third kappa shape index (κ3) is 4.21.